The third kappa shape index (κ3) is 3.31. The first-order chi connectivity index (χ1) is 13.4. The maximum Gasteiger partial charge on any atom is 0.413 e. The summed E-state index contributed by atoms with van der Waals surface area (Å²) < 4.78 is 1.98. The van der Waals surface area contributed by atoms with Crippen LogP contribution in [-0.4, -0.2) is 15.0 Å². The Bertz CT molecular complexity index is 1310. The Hall–Kier alpha value is -2.99. The molecule has 2 N–H and O–H groups in total. The number of hydrogen-bond acceptors (Lipinski definition) is 3. The fourth-order valence-corrected chi connectivity index (χ4v) is 3.60. The second-order valence-corrected chi connectivity index (χ2v) is 7.41. The highest BCUT2D eigenvalue weighted by Gasteiger charge is 2.19. The topological polar surface area (TPSA) is 82.5 Å². The van der Waals surface area contributed by atoms with E-state index >= 15 is 0 Å². The Morgan fingerprint density at radius 1 is 1.00 bits per heavy atom. The van der Waals surface area contributed by atoms with E-state index in [0.29, 0.717) is 17.2 Å². The summed E-state index contributed by atoms with van der Waals surface area (Å²) in [6.07, 6.45) is 1.69. The second kappa shape index (κ2) is 7.20. The fourth-order valence-electron chi connectivity index (χ4n) is 3.47. The summed E-state index contributed by atoms with van der Waals surface area (Å²) >= 11 is 5.95. The van der Waals surface area contributed by atoms with E-state index in [2.05, 4.69) is 15.0 Å². The average Bonchev–Trinajstić information content (AvgIpc) is 2.66. The van der Waals surface area contributed by atoms with Crippen molar-refractivity contribution < 1.29 is 4.57 Å². The number of rotatable bonds is 4. The molecule has 2 aromatic heterocycles. The molecule has 0 spiro atoms. The van der Waals surface area contributed by atoms with Gasteiger partial charge in [-0.3, -0.25) is 9.78 Å². The van der Waals surface area contributed by atoms with Crippen LogP contribution in [0.1, 0.15) is 23.1 Å². The van der Waals surface area contributed by atoms with Gasteiger partial charge in [0.05, 0.1) is 6.54 Å². The summed E-state index contributed by atoms with van der Waals surface area (Å²) in [5, 5.41) is 0.715. The maximum atomic E-state index is 12.4. The minimum Gasteiger partial charge on any atom is -0.267 e. The number of aromatic amines is 2. The highest BCUT2D eigenvalue weighted by atomic mass is 35.5. The third-order valence-corrected chi connectivity index (χ3v) is 5.38. The number of hydrogen-bond donors (Lipinski definition) is 2. The molecule has 142 valence electrons. The Morgan fingerprint density at radius 2 is 1.75 bits per heavy atom. The molecule has 0 radical (unpaired) electrons. The molecule has 0 aliphatic rings. The first kappa shape index (κ1) is 18.4. The van der Waals surface area contributed by atoms with Gasteiger partial charge in [0.1, 0.15) is 5.52 Å². The SMILES string of the molecule is Cc1ccc2c(nc3c(=O)[nH]c(=O)[nH]c3[n+]2CCCc2ccc(Cl)cc2)c1C. The molecule has 0 unspecified atom stereocenters. The lowest BCUT2D eigenvalue weighted by atomic mass is 10.1. The van der Waals surface area contributed by atoms with Crippen LogP contribution in [0.3, 0.4) is 0 Å². The highest BCUT2D eigenvalue weighted by molar-refractivity contribution is 6.30. The summed E-state index contributed by atoms with van der Waals surface area (Å²) in [7, 11) is 0. The number of aromatic nitrogens is 4. The van der Waals surface area contributed by atoms with Crippen LogP contribution in [0.15, 0.2) is 46.0 Å². The third-order valence-electron chi connectivity index (χ3n) is 5.12. The maximum absolute atomic E-state index is 12.4. The number of H-pyrrole nitrogens is 2. The molecule has 0 saturated carbocycles. The van der Waals surface area contributed by atoms with Gasteiger partial charge in [0.2, 0.25) is 5.52 Å². The zero-order valence-corrected chi connectivity index (χ0v) is 16.4. The summed E-state index contributed by atoms with van der Waals surface area (Å²) in [4.78, 5) is 33.8. The molecule has 4 rings (SSSR count). The van der Waals surface area contributed by atoms with Gasteiger partial charge in [0.25, 0.3) is 5.56 Å². The van der Waals surface area contributed by atoms with Crippen molar-refractivity contribution in [1.82, 2.24) is 15.0 Å². The molecule has 0 atom stereocenters. The van der Waals surface area contributed by atoms with E-state index in [0.717, 1.165) is 35.0 Å². The molecule has 0 amide bonds. The fraction of sp³-hybridized carbons (Fsp3) is 0.238. The van der Waals surface area contributed by atoms with Crippen LogP contribution >= 0.6 is 11.6 Å². The molecule has 28 heavy (non-hydrogen) atoms. The molecular formula is C21H20ClN4O2+. The number of aryl methyl sites for hydroxylation is 4. The predicted octanol–water partition coefficient (Wildman–Crippen LogP) is 2.96. The van der Waals surface area contributed by atoms with E-state index in [-0.39, 0.29) is 5.52 Å². The summed E-state index contributed by atoms with van der Waals surface area (Å²) in [5.74, 6) is 0. The van der Waals surface area contributed by atoms with Gasteiger partial charge >= 0.3 is 11.3 Å². The Morgan fingerprint density at radius 3 is 2.50 bits per heavy atom. The molecule has 6 nitrogen and oxygen atoms in total. The molecule has 0 aliphatic carbocycles. The van der Waals surface area contributed by atoms with Gasteiger partial charge in [-0.2, -0.15) is 4.98 Å². The Labute approximate surface area is 165 Å². The lowest BCUT2D eigenvalue weighted by Gasteiger charge is -2.10. The van der Waals surface area contributed by atoms with Crippen molar-refractivity contribution in [1.29, 1.82) is 0 Å². The van der Waals surface area contributed by atoms with Crippen LogP contribution in [0.2, 0.25) is 5.02 Å². The van der Waals surface area contributed by atoms with Crippen molar-refractivity contribution >= 4 is 33.8 Å². The van der Waals surface area contributed by atoms with Crippen LogP contribution in [0.5, 0.6) is 0 Å². The van der Waals surface area contributed by atoms with E-state index in [1.807, 2.05) is 54.8 Å². The van der Waals surface area contributed by atoms with E-state index in [4.69, 9.17) is 11.6 Å². The number of benzene rings is 2. The van der Waals surface area contributed by atoms with E-state index in [9.17, 15) is 9.59 Å². The monoisotopic (exact) mass is 395 g/mol. The minimum absolute atomic E-state index is 0.243. The molecular weight excluding hydrogens is 376 g/mol. The predicted molar refractivity (Wildman–Crippen MR) is 110 cm³/mol. The standard InChI is InChI=1S/C21H19ClN4O2/c1-12-5-10-16-17(13(12)2)23-18-19(24-21(28)25-20(18)27)26(16)11-3-4-14-6-8-15(22)9-7-14/h5-10H,3-4,11H2,1-2H3,(H,25,27,28)/p+1. The summed E-state index contributed by atoms with van der Waals surface area (Å²) in [6, 6.07) is 11.8. The van der Waals surface area contributed by atoms with E-state index in [1.54, 1.807) is 0 Å². The summed E-state index contributed by atoms with van der Waals surface area (Å²) in [5.41, 5.74) is 4.66. The van der Waals surface area contributed by atoms with Gasteiger partial charge < -0.3 is 0 Å². The number of fused-ring (bicyclic) bond motifs is 2. The zero-order chi connectivity index (χ0) is 19.8. The molecule has 2 aromatic carbocycles. The lowest BCUT2D eigenvalue weighted by molar-refractivity contribution is -0.648. The average molecular weight is 396 g/mol. The van der Waals surface area contributed by atoms with Gasteiger partial charge in [0.15, 0.2) is 5.52 Å². The minimum atomic E-state index is -0.533. The van der Waals surface area contributed by atoms with Gasteiger partial charge in [-0.25, -0.2) is 14.3 Å². The first-order valence-corrected chi connectivity index (χ1v) is 9.52. The molecule has 0 fully saturated rings. The molecule has 4 aromatic rings. The number of nitrogens with zero attached hydrogens (tertiary/aromatic N) is 2. The smallest absolute Gasteiger partial charge is 0.267 e. The van der Waals surface area contributed by atoms with Crippen LogP contribution in [0.25, 0.3) is 22.2 Å². The van der Waals surface area contributed by atoms with Gasteiger partial charge in [-0.15, -0.1) is 0 Å². The normalized spacial score (nSPS) is 11.4. The van der Waals surface area contributed by atoms with Crippen LogP contribution in [0, 0.1) is 13.8 Å². The largest absolute Gasteiger partial charge is 0.413 e. The van der Waals surface area contributed by atoms with Gasteiger partial charge in [-0.1, -0.05) is 29.8 Å². The quantitative estimate of drug-likeness (QED) is 0.411. The van der Waals surface area contributed by atoms with E-state index < -0.39 is 11.2 Å². The van der Waals surface area contributed by atoms with Gasteiger partial charge in [0, 0.05) is 5.02 Å². The van der Waals surface area contributed by atoms with Crippen molar-refractivity contribution in [2.24, 2.45) is 0 Å². The lowest BCUT2D eigenvalue weighted by Crippen LogP contribution is -2.41. The zero-order valence-electron chi connectivity index (χ0n) is 15.7. The molecule has 0 bridgehead atoms. The van der Waals surface area contributed by atoms with Crippen molar-refractivity contribution in [2.75, 3.05) is 0 Å². The number of nitrogens with one attached hydrogen (secondary N) is 2. The van der Waals surface area contributed by atoms with E-state index in [1.165, 1.54) is 5.56 Å². The highest BCUT2D eigenvalue weighted by Crippen LogP contribution is 2.19. The Balaban J connectivity index is 1.83. The second-order valence-electron chi connectivity index (χ2n) is 6.97. The molecule has 0 saturated heterocycles. The van der Waals surface area contributed by atoms with Crippen molar-refractivity contribution in [2.45, 2.75) is 33.2 Å². The Kier molecular flexibility index (Phi) is 4.73. The van der Waals surface area contributed by atoms with Crippen molar-refractivity contribution in [3.05, 3.63) is 78.9 Å². The molecule has 2 heterocycles. The molecule has 7 heteroatoms. The van der Waals surface area contributed by atoms with Crippen LogP contribution in [-0.2, 0) is 13.0 Å². The number of halogens is 1. The van der Waals surface area contributed by atoms with Crippen molar-refractivity contribution in [3.63, 3.8) is 0 Å². The van der Waals surface area contributed by atoms with Crippen LogP contribution in [0.4, 0.5) is 0 Å². The van der Waals surface area contributed by atoms with Crippen LogP contribution < -0.4 is 15.8 Å². The van der Waals surface area contributed by atoms with Gasteiger partial charge in [-0.05, 0) is 61.6 Å². The molecule has 0 aliphatic heterocycles. The summed E-state index contributed by atoms with van der Waals surface area (Å²) in [6.45, 7) is 4.65. The first-order valence-electron chi connectivity index (χ1n) is 9.14. The van der Waals surface area contributed by atoms with Crippen molar-refractivity contribution in [3.8, 4) is 0 Å².